The van der Waals surface area contributed by atoms with Crippen LogP contribution in [-0.2, 0) is 0 Å². The lowest BCUT2D eigenvalue weighted by atomic mass is 10.2. The molecule has 0 spiro atoms. The van der Waals surface area contributed by atoms with Crippen LogP contribution in [0, 0.1) is 0 Å². The summed E-state index contributed by atoms with van der Waals surface area (Å²) in [6.07, 6.45) is 6.46. The highest BCUT2D eigenvalue weighted by atomic mass is 16.5. The van der Waals surface area contributed by atoms with Gasteiger partial charge >= 0.3 is 0 Å². The molecule has 0 bridgehead atoms. The van der Waals surface area contributed by atoms with Gasteiger partial charge in [-0.1, -0.05) is 6.07 Å². The van der Waals surface area contributed by atoms with E-state index in [9.17, 15) is 0 Å². The van der Waals surface area contributed by atoms with E-state index in [1.54, 1.807) is 38.0 Å². The molecule has 3 rings (SSSR count). The zero-order valence-corrected chi connectivity index (χ0v) is 12.7. The molecule has 3 aromatic rings. The van der Waals surface area contributed by atoms with Crippen LogP contribution >= 0.6 is 0 Å². The fourth-order valence-corrected chi connectivity index (χ4v) is 1.94. The summed E-state index contributed by atoms with van der Waals surface area (Å²) in [6, 6.07) is 5.53. The lowest BCUT2D eigenvalue weighted by molar-refractivity contribution is 0.216. The standard InChI is InChI=1S/C15H16N6O2/c1-10(11-4-3-5-16-7-11)23-15-9-17-8-13(19-15)18-12-6-14(22-2)21-20-12/h3-10H,1-2H3,(H2,18,19,20,21)/t10-/m0/s1. The number of ether oxygens (including phenoxy) is 2. The Morgan fingerprint density at radius 1 is 1.17 bits per heavy atom. The smallest absolute Gasteiger partial charge is 0.234 e. The van der Waals surface area contributed by atoms with E-state index >= 15 is 0 Å². The van der Waals surface area contributed by atoms with Crippen LogP contribution in [0.2, 0.25) is 0 Å². The number of hydrogen-bond acceptors (Lipinski definition) is 7. The highest BCUT2D eigenvalue weighted by Crippen LogP contribution is 2.21. The summed E-state index contributed by atoms with van der Waals surface area (Å²) < 4.78 is 10.8. The van der Waals surface area contributed by atoms with Gasteiger partial charge < -0.3 is 14.8 Å². The van der Waals surface area contributed by atoms with Crippen molar-refractivity contribution in [2.75, 3.05) is 12.4 Å². The molecule has 3 aromatic heterocycles. The Morgan fingerprint density at radius 2 is 2.09 bits per heavy atom. The number of methoxy groups -OCH3 is 1. The zero-order valence-electron chi connectivity index (χ0n) is 12.7. The lowest BCUT2D eigenvalue weighted by Gasteiger charge is -2.14. The van der Waals surface area contributed by atoms with E-state index in [2.05, 4.69) is 30.5 Å². The van der Waals surface area contributed by atoms with Gasteiger partial charge in [-0.25, -0.2) is 0 Å². The quantitative estimate of drug-likeness (QED) is 0.721. The van der Waals surface area contributed by atoms with Crippen LogP contribution in [0.1, 0.15) is 18.6 Å². The molecule has 0 amide bonds. The van der Waals surface area contributed by atoms with Gasteiger partial charge in [0.1, 0.15) is 11.9 Å². The Morgan fingerprint density at radius 3 is 2.83 bits per heavy atom. The van der Waals surface area contributed by atoms with Crippen molar-refractivity contribution in [3.63, 3.8) is 0 Å². The number of rotatable bonds is 6. The van der Waals surface area contributed by atoms with Crippen LogP contribution in [-0.4, -0.2) is 32.3 Å². The zero-order chi connectivity index (χ0) is 16.1. The van der Waals surface area contributed by atoms with Gasteiger partial charge in [-0.2, -0.15) is 4.98 Å². The normalized spacial score (nSPS) is 11.7. The second kappa shape index (κ2) is 6.73. The number of anilines is 2. The van der Waals surface area contributed by atoms with Crippen LogP contribution in [0.15, 0.2) is 43.0 Å². The summed E-state index contributed by atoms with van der Waals surface area (Å²) in [5.74, 6) is 2.08. The third-order valence-corrected chi connectivity index (χ3v) is 3.09. The van der Waals surface area contributed by atoms with E-state index in [-0.39, 0.29) is 6.10 Å². The van der Waals surface area contributed by atoms with Gasteiger partial charge in [-0.05, 0) is 13.0 Å². The largest absolute Gasteiger partial charge is 0.480 e. The van der Waals surface area contributed by atoms with E-state index in [4.69, 9.17) is 9.47 Å². The molecule has 0 saturated heterocycles. The first-order chi connectivity index (χ1) is 11.2. The fraction of sp³-hybridized carbons (Fsp3) is 0.200. The second-order valence-corrected chi connectivity index (χ2v) is 4.74. The van der Waals surface area contributed by atoms with E-state index in [1.807, 2.05) is 19.1 Å². The molecule has 0 aliphatic carbocycles. The van der Waals surface area contributed by atoms with Crippen LogP contribution in [0.25, 0.3) is 0 Å². The average Bonchev–Trinajstić information content (AvgIpc) is 3.03. The molecular formula is C15H16N6O2. The van der Waals surface area contributed by atoms with E-state index in [0.717, 1.165) is 5.56 Å². The van der Waals surface area contributed by atoms with Crippen LogP contribution in [0.5, 0.6) is 11.8 Å². The Hall–Kier alpha value is -3.16. The van der Waals surface area contributed by atoms with Gasteiger partial charge in [0.25, 0.3) is 0 Å². The van der Waals surface area contributed by atoms with E-state index in [1.165, 1.54) is 0 Å². The summed E-state index contributed by atoms with van der Waals surface area (Å²) in [5.41, 5.74) is 0.964. The minimum atomic E-state index is -0.180. The van der Waals surface area contributed by atoms with Crippen LogP contribution in [0.3, 0.4) is 0 Å². The van der Waals surface area contributed by atoms with Gasteiger partial charge in [0.2, 0.25) is 11.8 Å². The summed E-state index contributed by atoms with van der Waals surface area (Å²) in [4.78, 5) is 12.6. The molecular weight excluding hydrogens is 296 g/mol. The number of hydrogen-bond donors (Lipinski definition) is 2. The maximum atomic E-state index is 5.80. The molecule has 0 radical (unpaired) electrons. The van der Waals surface area contributed by atoms with Crippen LogP contribution in [0.4, 0.5) is 11.6 Å². The van der Waals surface area contributed by atoms with Crippen molar-refractivity contribution in [2.45, 2.75) is 13.0 Å². The topological polar surface area (TPSA) is 97.8 Å². The van der Waals surface area contributed by atoms with Crippen molar-refractivity contribution in [3.05, 3.63) is 48.5 Å². The van der Waals surface area contributed by atoms with Crippen molar-refractivity contribution in [3.8, 4) is 11.8 Å². The number of nitrogens with one attached hydrogen (secondary N) is 2. The van der Waals surface area contributed by atoms with Gasteiger partial charge in [0.15, 0.2) is 5.82 Å². The van der Waals surface area contributed by atoms with Crippen molar-refractivity contribution in [1.29, 1.82) is 0 Å². The Labute approximate surface area is 132 Å². The third kappa shape index (κ3) is 3.73. The van der Waals surface area contributed by atoms with Gasteiger partial charge in [0.05, 0.1) is 19.5 Å². The van der Waals surface area contributed by atoms with Crippen molar-refractivity contribution in [2.24, 2.45) is 0 Å². The maximum absolute atomic E-state index is 5.80. The highest BCUT2D eigenvalue weighted by molar-refractivity contribution is 5.51. The first kappa shape index (κ1) is 14.8. The molecule has 0 aliphatic rings. The molecule has 0 saturated carbocycles. The van der Waals surface area contributed by atoms with Gasteiger partial charge in [-0.15, -0.1) is 5.10 Å². The molecule has 2 N–H and O–H groups in total. The number of aromatic amines is 1. The molecule has 1 atom stereocenters. The molecule has 0 aliphatic heterocycles. The molecule has 8 heteroatoms. The van der Waals surface area contributed by atoms with Gasteiger partial charge in [-0.3, -0.25) is 15.1 Å². The highest BCUT2D eigenvalue weighted by Gasteiger charge is 2.09. The molecule has 0 unspecified atom stereocenters. The summed E-state index contributed by atoms with van der Waals surface area (Å²) in [6.45, 7) is 1.93. The number of H-pyrrole nitrogens is 1. The number of nitrogens with zero attached hydrogens (tertiary/aromatic N) is 4. The fourth-order valence-electron chi connectivity index (χ4n) is 1.94. The van der Waals surface area contributed by atoms with Crippen LogP contribution < -0.4 is 14.8 Å². The second-order valence-electron chi connectivity index (χ2n) is 4.74. The summed E-state index contributed by atoms with van der Waals surface area (Å²) >= 11 is 0. The van der Waals surface area contributed by atoms with Crippen molar-refractivity contribution < 1.29 is 9.47 Å². The van der Waals surface area contributed by atoms with E-state index < -0.39 is 0 Å². The molecule has 0 fully saturated rings. The van der Waals surface area contributed by atoms with E-state index in [0.29, 0.717) is 23.4 Å². The third-order valence-electron chi connectivity index (χ3n) is 3.09. The summed E-state index contributed by atoms with van der Waals surface area (Å²) in [5, 5.41) is 9.78. The Bertz CT molecular complexity index is 761. The summed E-state index contributed by atoms with van der Waals surface area (Å²) in [7, 11) is 1.55. The monoisotopic (exact) mass is 312 g/mol. The predicted molar refractivity (Wildman–Crippen MR) is 83.7 cm³/mol. The first-order valence-electron chi connectivity index (χ1n) is 6.99. The molecule has 8 nitrogen and oxygen atoms in total. The van der Waals surface area contributed by atoms with Crippen molar-refractivity contribution in [1.82, 2.24) is 25.1 Å². The molecule has 23 heavy (non-hydrogen) atoms. The molecule has 118 valence electrons. The Balaban J connectivity index is 1.69. The lowest BCUT2D eigenvalue weighted by Crippen LogP contribution is -2.06. The number of pyridine rings is 1. The predicted octanol–water partition coefficient (Wildman–Crippen LogP) is 2.49. The Kier molecular flexibility index (Phi) is 4.32. The minimum absolute atomic E-state index is 0.180. The minimum Gasteiger partial charge on any atom is -0.480 e. The maximum Gasteiger partial charge on any atom is 0.234 e. The number of aromatic nitrogens is 5. The SMILES string of the molecule is COc1cc(Nc2cncc(O[C@@H](C)c3cccnc3)n2)[nH]n1. The first-order valence-corrected chi connectivity index (χ1v) is 6.99. The molecule has 3 heterocycles. The van der Waals surface area contributed by atoms with Gasteiger partial charge in [0, 0.05) is 24.0 Å². The molecule has 0 aromatic carbocycles. The van der Waals surface area contributed by atoms with Crippen molar-refractivity contribution >= 4 is 11.6 Å². The average molecular weight is 312 g/mol.